The summed E-state index contributed by atoms with van der Waals surface area (Å²) in [6, 6.07) is 17.4. The van der Waals surface area contributed by atoms with E-state index in [-0.39, 0.29) is 6.42 Å². The van der Waals surface area contributed by atoms with Crippen molar-refractivity contribution in [3.8, 4) is 0 Å². The molecular formula is C24H23N3O3. The van der Waals surface area contributed by atoms with Gasteiger partial charge in [0, 0.05) is 23.9 Å². The standard InChI is InChI=1S/C24H23N3O3/c1-16-10-11-19(13-17(16)2)26-22(28)14-21(23(29)18-7-4-3-5-8-18)24(30)27-20-9-6-12-25-15-20/h3-13,15,21H,14H2,1-2H3,(H,26,28)(H,27,30). The summed E-state index contributed by atoms with van der Waals surface area (Å²) in [7, 11) is 0. The summed E-state index contributed by atoms with van der Waals surface area (Å²) >= 11 is 0. The molecule has 0 bridgehead atoms. The minimum atomic E-state index is -1.17. The van der Waals surface area contributed by atoms with Crippen molar-refractivity contribution in [2.75, 3.05) is 10.6 Å². The normalized spacial score (nSPS) is 11.4. The summed E-state index contributed by atoms with van der Waals surface area (Å²) in [6.07, 6.45) is 2.79. The molecule has 6 heteroatoms. The van der Waals surface area contributed by atoms with Crippen molar-refractivity contribution in [3.63, 3.8) is 0 Å². The van der Waals surface area contributed by atoms with Gasteiger partial charge in [-0.2, -0.15) is 0 Å². The lowest BCUT2D eigenvalue weighted by atomic mass is 9.93. The Kier molecular flexibility index (Phi) is 6.70. The number of benzene rings is 2. The number of anilines is 2. The number of ketones is 1. The molecule has 6 nitrogen and oxygen atoms in total. The summed E-state index contributed by atoms with van der Waals surface area (Å²) in [5.74, 6) is -2.53. The van der Waals surface area contributed by atoms with Crippen molar-refractivity contribution in [3.05, 3.63) is 89.7 Å². The highest BCUT2D eigenvalue weighted by atomic mass is 16.2. The van der Waals surface area contributed by atoms with E-state index in [4.69, 9.17) is 0 Å². The first kappa shape index (κ1) is 20.9. The molecule has 0 aliphatic rings. The van der Waals surface area contributed by atoms with Crippen LogP contribution in [0.4, 0.5) is 11.4 Å². The fourth-order valence-electron chi connectivity index (χ4n) is 2.99. The van der Waals surface area contributed by atoms with Crippen molar-refractivity contribution in [2.45, 2.75) is 20.3 Å². The first-order chi connectivity index (χ1) is 14.4. The van der Waals surface area contributed by atoms with E-state index in [9.17, 15) is 14.4 Å². The van der Waals surface area contributed by atoms with E-state index >= 15 is 0 Å². The molecule has 1 atom stereocenters. The highest BCUT2D eigenvalue weighted by Gasteiger charge is 2.30. The predicted molar refractivity (Wildman–Crippen MR) is 116 cm³/mol. The first-order valence-corrected chi connectivity index (χ1v) is 9.61. The zero-order valence-electron chi connectivity index (χ0n) is 16.9. The van der Waals surface area contributed by atoms with Crippen LogP contribution in [0, 0.1) is 19.8 Å². The van der Waals surface area contributed by atoms with Crippen molar-refractivity contribution in [1.29, 1.82) is 0 Å². The Labute approximate surface area is 175 Å². The molecule has 0 saturated heterocycles. The molecule has 0 radical (unpaired) electrons. The van der Waals surface area contributed by atoms with Crippen LogP contribution in [0.15, 0.2) is 73.1 Å². The smallest absolute Gasteiger partial charge is 0.235 e. The highest BCUT2D eigenvalue weighted by molar-refractivity contribution is 6.15. The number of amides is 2. The molecule has 0 aliphatic heterocycles. The van der Waals surface area contributed by atoms with Gasteiger partial charge in [-0.25, -0.2) is 0 Å². The third kappa shape index (κ3) is 5.38. The van der Waals surface area contributed by atoms with E-state index < -0.39 is 23.5 Å². The molecule has 1 aromatic heterocycles. The van der Waals surface area contributed by atoms with Crippen molar-refractivity contribution >= 4 is 29.0 Å². The molecule has 3 rings (SSSR count). The summed E-state index contributed by atoms with van der Waals surface area (Å²) in [4.78, 5) is 42.5. The van der Waals surface area contributed by atoms with E-state index in [1.165, 1.54) is 6.20 Å². The summed E-state index contributed by atoms with van der Waals surface area (Å²) < 4.78 is 0. The first-order valence-electron chi connectivity index (χ1n) is 9.61. The molecule has 2 amide bonds. The van der Waals surface area contributed by atoms with Gasteiger partial charge in [0.05, 0.1) is 11.9 Å². The van der Waals surface area contributed by atoms with Crippen LogP contribution in [-0.4, -0.2) is 22.6 Å². The molecule has 1 heterocycles. The molecule has 1 unspecified atom stereocenters. The van der Waals surface area contributed by atoms with Gasteiger partial charge >= 0.3 is 0 Å². The lowest BCUT2D eigenvalue weighted by molar-refractivity contribution is -0.123. The quantitative estimate of drug-likeness (QED) is 0.459. The largest absolute Gasteiger partial charge is 0.326 e. The number of carbonyl (C=O) groups excluding carboxylic acids is 3. The van der Waals surface area contributed by atoms with Crippen LogP contribution in [0.25, 0.3) is 0 Å². The Hall–Kier alpha value is -3.80. The Morgan fingerprint density at radius 3 is 2.30 bits per heavy atom. The topological polar surface area (TPSA) is 88.2 Å². The van der Waals surface area contributed by atoms with Crippen LogP contribution in [0.1, 0.15) is 27.9 Å². The molecule has 30 heavy (non-hydrogen) atoms. The Balaban J connectivity index is 1.79. The van der Waals surface area contributed by atoms with E-state index in [1.54, 1.807) is 54.7 Å². The van der Waals surface area contributed by atoms with Gasteiger partial charge in [-0.05, 0) is 49.2 Å². The fourth-order valence-corrected chi connectivity index (χ4v) is 2.99. The molecule has 2 aromatic carbocycles. The van der Waals surface area contributed by atoms with Gasteiger partial charge in [0.15, 0.2) is 5.78 Å². The van der Waals surface area contributed by atoms with E-state index in [2.05, 4.69) is 15.6 Å². The molecule has 2 N–H and O–H groups in total. The number of pyridine rings is 1. The third-order valence-corrected chi connectivity index (χ3v) is 4.80. The number of hydrogen-bond acceptors (Lipinski definition) is 4. The number of carbonyl (C=O) groups is 3. The lowest BCUT2D eigenvalue weighted by Crippen LogP contribution is -2.33. The molecule has 152 valence electrons. The molecule has 0 fully saturated rings. The highest BCUT2D eigenvalue weighted by Crippen LogP contribution is 2.19. The van der Waals surface area contributed by atoms with Crippen LogP contribution in [-0.2, 0) is 9.59 Å². The zero-order chi connectivity index (χ0) is 21.5. The number of rotatable bonds is 7. The van der Waals surface area contributed by atoms with Gasteiger partial charge in [-0.3, -0.25) is 19.4 Å². The minimum Gasteiger partial charge on any atom is -0.326 e. The average Bonchev–Trinajstić information content (AvgIpc) is 2.75. The van der Waals surface area contributed by atoms with Crippen LogP contribution >= 0.6 is 0 Å². The molecule has 0 saturated carbocycles. The summed E-state index contributed by atoms with van der Waals surface area (Å²) in [5.41, 5.74) is 3.62. The molecule has 3 aromatic rings. The zero-order valence-corrected chi connectivity index (χ0v) is 16.9. The second-order valence-electron chi connectivity index (χ2n) is 7.07. The maximum atomic E-state index is 13.0. The second-order valence-corrected chi connectivity index (χ2v) is 7.07. The molecular weight excluding hydrogens is 378 g/mol. The number of hydrogen-bond donors (Lipinski definition) is 2. The second kappa shape index (κ2) is 9.60. The maximum absolute atomic E-state index is 13.0. The van der Waals surface area contributed by atoms with Gasteiger partial charge in [-0.1, -0.05) is 36.4 Å². The van der Waals surface area contributed by atoms with Crippen molar-refractivity contribution in [1.82, 2.24) is 4.98 Å². The summed E-state index contributed by atoms with van der Waals surface area (Å²) in [6.45, 7) is 3.94. The number of nitrogens with zero attached hydrogens (tertiary/aromatic N) is 1. The monoisotopic (exact) mass is 401 g/mol. The van der Waals surface area contributed by atoms with Crippen LogP contribution < -0.4 is 10.6 Å². The Morgan fingerprint density at radius 1 is 0.867 bits per heavy atom. The van der Waals surface area contributed by atoms with Crippen LogP contribution in [0.3, 0.4) is 0 Å². The van der Waals surface area contributed by atoms with Crippen molar-refractivity contribution < 1.29 is 14.4 Å². The predicted octanol–water partition coefficient (Wildman–Crippen LogP) is 4.16. The molecule has 0 spiro atoms. The van der Waals surface area contributed by atoms with Gasteiger partial charge in [-0.15, -0.1) is 0 Å². The van der Waals surface area contributed by atoms with Gasteiger partial charge in [0.25, 0.3) is 0 Å². The number of Topliss-reactive ketones (excluding diaryl/α,β-unsaturated/α-hetero) is 1. The Morgan fingerprint density at radius 2 is 1.63 bits per heavy atom. The number of nitrogens with one attached hydrogen (secondary N) is 2. The third-order valence-electron chi connectivity index (χ3n) is 4.80. The average molecular weight is 401 g/mol. The minimum absolute atomic E-state index is 0.271. The number of aryl methyl sites for hydroxylation is 2. The fraction of sp³-hybridized carbons (Fsp3) is 0.167. The number of aromatic nitrogens is 1. The summed E-state index contributed by atoms with van der Waals surface area (Å²) in [5, 5.41) is 5.46. The van der Waals surface area contributed by atoms with Crippen molar-refractivity contribution in [2.24, 2.45) is 5.92 Å². The van der Waals surface area contributed by atoms with E-state index in [0.717, 1.165) is 11.1 Å². The lowest BCUT2D eigenvalue weighted by Gasteiger charge is -2.16. The van der Waals surface area contributed by atoms with Gasteiger partial charge in [0.2, 0.25) is 11.8 Å². The maximum Gasteiger partial charge on any atom is 0.235 e. The molecule has 0 aliphatic carbocycles. The SMILES string of the molecule is Cc1ccc(NC(=O)CC(C(=O)Nc2cccnc2)C(=O)c2ccccc2)cc1C. The Bertz CT molecular complexity index is 1050. The van der Waals surface area contributed by atoms with Gasteiger partial charge < -0.3 is 10.6 Å². The van der Waals surface area contributed by atoms with E-state index in [1.807, 2.05) is 26.0 Å². The van der Waals surface area contributed by atoms with Gasteiger partial charge in [0.1, 0.15) is 5.92 Å². The van der Waals surface area contributed by atoms with Crippen LogP contribution in [0.2, 0.25) is 0 Å². The van der Waals surface area contributed by atoms with Crippen LogP contribution in [0.5, 0.6) is 0 Å². The van der Waals surface area contributed by atoms with E-state index in [0.29, 0.717) is 16.9 Å².